The Hall–Kier alpha value is -2.36. The molecule has 0 bridgehead atoms. The first kappa shape index (κ1) is 11.7. The van der Waals surface area contributed by atoms with Crippen molar-refractivity contribution in [1.82, 2.24) is 9.55 Å². The molecule has 4 heteroatoms. The van der Waals surface area contributed by atoms with Crippen molar-refractivity contribution in [3.63, 3.8) is 0 Å². The summed E-state index contributed by atoms with van der Waals surface area (Å²) >= 11 is 0. The van der Waals surface area contributed by atoms with E-state index in [0.29, 0.717) is 11.2 Å². The summed E-state index contributed by atoms with van der Waals surface area (Å²) in [6, 6.07) is 12.2. The zero-order chi connectivity index (χ0) is 13.4. The molecule has 19 heavy (non-hydrogen) atoms. The van der Waals surface area contributed by atoms with Crippen LogP contribution in [0.4, 0.5) is 10.1 Å². The lowest BCUT2D eigenvalue weighted by molar-refractivity contribution is 0.629. The molecule has 0 fully saturated rings. The molecule has 3 nitrogen and oxygen atoms in total. The minimum Gasteiger partial charge on any atom is -0.399 e. The molecular weight excluding hydrogens is 241 g/mol. The van der Waals surface area contributed by atoms with Crippen molar-refractivity contribution >= 4 is 16.7 Å². The summed E-state index contributed by atoms with van der Waals surface area (Å²) in [5.41, 5.74) is 9.04. The number of hydrogen-bond donors (Lipinski definition) is 1. The van der Waals surface area contributed by atoms with Crippen LogP contribution in [0.5, 0.6) is 0 Å². The summed E-state index contributed by atoms with van der Waals surface area (Å²) in [7, 11) is 0. The van der Waals surface area contributed by atoms with E-state index < -0.39 is 0 Å². The lowest BCUT2D eigenvalue weighted by atomic mass is 10.2. The number of rotatable bonds is 2. The SMILES string of the molecule is CCn1c(-c2cccc(N)c2)nc2cc(F)ccc21. The van der Waals surface area contributed by atoms with Crippen molar-refractivity contribution < 1.29 is 4.39 Å². The molecular formula is C15H14FN3. The van der Waals surface area contributed by atoms with Crippen LogP contribution in [-0.4, -0.2) is 9.55 Å². The first-order valence-corrected chi connectivity index (χ1v) is 6.20. The van der Waals surface area contributed by atoms with Crippen molar-refractivity contribution in [2.75, 3.05) is 5.73 Å². The highest BCUT2D eigenvalue weighted by atomic mass is 19.1. The van der Waals surface area contributed by atoms with Crippen LogP contribution in [0.25, 0.3) is 22.4 Å². The Kier molecular flexibility index (Phi) is 2.71. The van der Waals surface area contributed by atoms with Gasteiger partial charge in [-0.2, -0.15) is 0 Å². The van der Waals surface area contributed by atoms with Crippen molar-refractivity contribution in [3.8, 4) is 11.4 Å². The minimum atomic E-state index is -0.271. The molecule has 96 valence electrons. The maximum absolute atomic E-state index is 13.3. The van der Waals surface area contributed by atoms with Crippen molar-refractivity contribution in [3.05, 3.63) is 48.3 Å². The van der Waals surface area contributed by atoms with Gasteiger partial charge in [-0.1, -0.05) is 12.1 Å². The molecule has 3 rings (SSSR count). The van der Waals surface area contributed by atoms with Gasteiger partial charge in [-0.05, 0) is 31.2 Å². The van der Waals surface area contributed by atoms with Crippen LogP contribution in [0.15, 0.2) is 42.5 Å². The van der Waals surface area contributed by atoms with Crippen molar-refractivity contribution in [1.29, 1.82) is 0 Å². The van der Waals surface area contributed by atoms with Gasteiger partial charge in [0.05, 0.1) is 11.0 Å². The number of halogens is 1. The molecule has 0 saturated heterocycles. The van der Waals surface area contributed by atoms with Gasteiger partial charge < -0.3 is 10.3 Å². The fourth-order valence-corrected chi connectivity index (χ4v) is 2.32. The van der Waals surface area contributed by atoms with E-state index in [9.17, 15) is 4.39 Å². The van der Waals surface area contributed by atoms with Crippen LogP contribution in [0.3, 0.4) is 0 Å². The Morgan fingerprint density at radius 1 is 1.21 bits per heavy atom. The highest BCUT2D eigenvalue weighted by Gasteiger charge is 2.12. The van der Waals surface area contributed by atoms with Gasteiger partial charge in [0.15, 0.2) is 0 Å². The van der Waals surface area contributed by atoms with Gasteiger partial charge >= 0.3 is 0 Å². The number of benzene rings is 2. The Bertz CT molecular complexity index is 746. The van der Waals surface area contributed by atoms with E-state index >= 15 is 0 Å². The predicted molar refractivity (Wildman–Crippen MR) is 75.2 cm³/mol. The normalized spacial score (nSPS) is 11.1. The van der Waals surface area contributed by atoms with Gasteiger partial charge in [0, 0.05) is 23.9 Å². The quantitative estimate of drug-likeness (QED) is 0.713. The molecule has 0 amide bonds. The number of hydrogen-bond acceptors (Lipinski definition) is 2. The van der Waals surface area contributed by atoms with Gasteiger partial charge in [-0.15, -0.1) is 0 Å². The van der Waals surface area contributed by atoms with Crippen LogP contribution in [0.2, 0.25) is 0 Å². The van der Waals surface area contributed by atoms with E-state index in [2.05, 4.69) is 9.55 Å². The van der Waals surface area contributed by atoms with Crippen LogP contribution in [-0.2, 0) is 6.54 Å². The number of aryl methyl sites for hydroxylation is 1. The highest BCUT2D eigenvalue weighted by Crippen LogP contribution is 2.26. The van der Waals surface area contributed by atoms with Crippen LogP contribution < -0.4 is 5.73 Å². The fraction of sp³-hybridized carbons (Fsp3) is 0.133. The zero-order valence-electron chi connectivity index (χ0n) is 10.6. The fourth-order valence-electron chi connectivity index (χ4n) is 2.32. The summed E-state index contributed by atoms with van der Waals surface area (Å²) in [6.45, 7) is 2.81. The van der Waals surface area contributed by atoms with E-state index in [4.69, 9.17) is 5.73 Å². The van der Waals surface area contributed by atoms with Crippen LogP contribution in [0, 0.1) is 5.82 Å². The third-order valence-electron chi connectivity index (χ3n) is 3.17. The van der Waals surface area contributed by atoms with Gasteiger partial charge in [0.2, 0.25) is 0 Å². The molecule has 0 atom stereocenters. The molecule has 1 aromatic heterocycles. The Morgan fingerprint density at radius 3 is 2.79 bits per heavy atom. The van der Waals surface area contributed by atoms with Crippen LogP contribution in [0.1, 0.15) is 6.92 Å². The van der Waals surface area contributed by atoms with Gasteiger partial charge in [0.1, 0.15) is 11.6 Å². The molecule has 0 spiro atoms. The second kappa shape index (κ2) is 4.39. The minimum absolute atomic E-state index is 0.271. The molecule has 0 radical (unpaired) electrons. The standard InChI is InChI=1S/C15H14FN3/c1-2-19-14-7-6-11(16)9-13(14)18-15(19)10-4-3-5-12(17)8-10/h3-9H,2,17H2,1H3. The lowest BCUT2D eigenvalue weighted by Crippen LogP contribution is -1.97. The zero-order valence-corrected chi connectivity index (χ0v) is 10.6. The molecule has 0 saturated carbocycles. The van der Waals surface area contributed by atoms with Crippen molar-refractivity contribution in [2.45, 2.75) is 13.5 Å². The second-order valence-corrected chi connectivity index (χ2v) is 4.44. The topological polar surface area (TPSA) is 43.8 Å². The number of anilines is 1. The average molecular weight is 255 g/mol. The first-order chi connectivity index (χ1) is 9.19. The first-order valence-electron chi connectivity index (χ1n) is 6.20. The van der Waals surface area contributed by atoms with Gasteiger partial charge in [0.25, 0.3) is 0 Å². The third kappa shape index (κ3) is 1.95. The highest BCUT2D eigenvalue weighted by molar-refractivity contribution is 5.81. The van der Waals surface area contributed by atoms with E-state index in [1.54, 1.807) is 6.07 Å². The number of fused-ring (bicyclic) bond motifs is 1. The number of nitrogens with zero attached hydrogens (tertiary/aromatic N) is 2. The predicted octanol–water partition coefficient (Wildman–Crippen LogP) is 3.44. The molecule has 0 aliphatic carbocycles. The largest absolute Gasteiger partial charge is 0.399 e. The van der Waals surface area contributed by atoms with Gasteiger partial charge in [-0.3, -0.25) is 0 Å². The van der Waals surface area contributed by atoms with Gasteiger partial charge in [-0.25, -0.2) is 9.37 Å². The summed E-state index contributed by atoms with van der Waals surface area (Å²) < 4.78 is 15.3. The van der Waals surface area contributed by atoms with E-state index in [1.807, 2.05) is 31.2 Å². The summed E-state index contributed by atoms with van der Waals surface area (Å²) in [5, 5.41) is 0. The molecule has 0 aliphatic rings. The monoisotopic (exact) mass is 255 g/mol. The summed E-state index contributed by atoms with van der Waals surface area (Å²) in [5.74, 6) is 0.544. The summed E-state index contributed by atoms with van der Waals surface area (Å²) in [6.07, 6.45) is 0. The maximum atomic E-state index is 13.3. The maximum Gasteiger partial charge on any atom is 0.141 e. The second-order valence-electron chi connectivity index (χ2n) is 4.44. The Morgan fingerprint density at radius 2 is 2.05 bits per heavy atom. The summed E-state index contributed by atoms with van der Waals surface area (Å²) in [4.78, 5) is 4.52. The molecule has 2 aromatic carbocycles. The Labute approximate surface area is 110 Å². The number of imidazole rings is 1. The molecule has 0 aliphatic heterocycles. The molecule has 0 unspecified atom stereocenters. The lowest BCUT2D eigenvalue weighted by Gasteiger charge is -2.06. The Balaban J connectivity index is 2.28. The van der Waals surface area contributed by atoms with E-state index in [-0.39, 0.29) is 5.82 Å². The number of nitrogen functional groups attached to an aromatic ring is 1. The molecule has 1 heterocycles. The van der Waals surface area contributed by atoms with Crippen LogP contribution >= 0.6 is 0 Å². The molecule has 3 aromatic rings. The third-order valence-corrected chi connectivity index (χ3v) is 3.17. The van der Waals surface area contributed by atoms with E-state index in [0.717, 1.165) is 23.4 Å². The van der Waals surface area contributed by atoms with Crippen molar-refractivity contribution in [2.24, 2.45) is 0 Å². The van der Waals surface area contributed by atoms with E-state index in [1.165, 1.54) is 12.1 Å². The number of aromatic nitrogens is 2. The number of nitrogens with two attached hydrogens (primary N) is 1. The average Bonchev–Trinajstić information content (AvgIpc) is 2.76. The smallest absolute Gasteiger partial charge is 0.141 e. The molecule has 2 N–H and O–H groups in total.